The van der Waals surface area contributed by atoms with Crippen molar-refractivity contribution in [3.63, 3.8) is 0 Å². The second-order valence-corrected chi connectivity index (χ2v) is 5.38. The van der Waals surface area contributed by atoms with Crippen molar-refractivity contribution in [3.05, 3.63) is 35.9 Å². The lowest BCUT2D eigenvalue weighted by Gasteiger charge is -2.40. The highest BCUT2D eigenvalue weighted by Crippen LogP contribution is 2.25. The second-order valence-electron chi connectivity index (χ2n) is 5.38. The highest BCUT2D eigenvalue weighted by atomic mass is 16.2. The van der Waals surface area contributed by atoms with Gasteiger partial charge in [0.25, 0.3) is 0 Å². The van der Waals surface area contributed by atoms with Crippen LogP contribution in [-0.2, 0) is 4.79 Å². The average molecular weight is 246 g/mol. The molecule has 2 rings (SSSR count). The van der Waals surface area contributed by atoms with E-state index in [-0.39, 0.29) is 17.9 Å². The Labute approximate surface area is 109 Å². The van der Waals surface area contributed by atoms with Crippen molar-refractivity contribution in [3.8, 4) is 0 Å². The minimum absolute atomic E-state index is 0.0570. The molecule has 3 heteroatoms. The lowest BCUT2D eigenvalue weighted by atomic mass is 9.99. The van der Waals surface area contributed by atoms with E-state index in [1.807, 2.05) is 36.9 Å². The van der Waals surface area contributed by atoms with E-state index in [9.17, 15) is 4.79 Å². The monoisotopic (exact) mass is 246 g/mol. The van der Waals surface area contributed by atoms with E-state index in [2.05, 4.69) is 24.4 Å². The molecule has 2 unspecified atom stereocenters. The van der Waals surface area contributed by atoms with Gasteiger partial charge in [0.2, 0.25) is 5.91 Å². The van der Waals surface area contributed by atoms with Crippen LogP contribution in [0.1, 0.15) is 32.4 Å². The summed E-state index contributed by atoms with van der Waals surface area (Å²) in [5.74, 6) is 0.304. The van der Waals surface area contributed by atoms with Gasteiger partial charge in [-0.25, -0.2) is 0 Å². The SMILES string of the molecule is CC1CN(C(=O)C(C)C)C(c2ccccc2)CN1. The third-order valence-electron chi connectivity index (χ3n) is 3.47. The lowest BCUT2D eigenvalue weighted by Crippen LogP contribution is -2.54. The van der Waals surface area contributed by atoms with Crippen molar-refractivity contribution < 1.29 is 4.79 Å². The molecule has 0 radical (unpaired) electrons. The number of carbonyl (C=O) groups excluding carboxylic acids is 1. The maximum absolute atomic E-state index is 12.3. The van der Waals surface area contributed by atoms with Crippen LogP contribution >= 0.6 is 0 Å². The van der Waals surface area contributed by atoms with Crippen LogP contribution < -0.4 is 5.32 Å². The molecule has 0 saturated carbocycles. The molecule has 1 aliphatic rings. The Hall–Kier alpha value is -1.35. The first kappa shape index (κ1) is 13.1. The van der Waals surface area contributed by atoms with Gasteiger partial charge in [0, 0.05) is 25.0 Å². The summed E-state index contributed by atoms with van der Waals surface area (Å²) in [6.45, 7) is 7.69. The molecule has 1 aromatic carbocycles. The van der Waals surface area contributed by atoms with E-state index in [1.54, 1.807) is 0 Å². The predicted molar refractivity (Wildman–Crippen MR) is 73.2 cm³/mol. The van der Waals surface area contributed by atoms with Crippen LogP contribution in [0.2, 0.25) is 0 Å². The Balaban J connectivity index is 2.24. The summed E-state index contributed by atoms with van der Waals surface area (Å²) < 4.78 is 0. The number of carbonyl (C=O) groups is 1. The first-order chi connectivity index (χ1) is 8.59. The van der Waals surface area contributed by atoms with Gasteiger partial charge in [-0.1, -0.05) is 44.2 Å². The Morgan fingerprint density at radius 3 is 2.61 bits per heavy atom. The Morgan fingerprint density at radius 2 is 2.00 bits per heavy atom. The predicted octanol–water partition coefficient (Wildman–Crippen LogP) is 2.20. The highest BCUT2D eigenvalue weighted by Gasteiger charge is 2.31. The van der Waals surface area contributed by atoms with Gasteiger partial charge in [-0.05, 0) is 12.5 Å². The summed E-state index contributed by atoms with van der Waals surface area (Å²) >= 11 is 0. The summed E-state index contributed by atoms with van der Waals surface area (Å²) in [6.07, 6.45) is 0. The number of nitrogens with one attached hydrogen (secondary N) is 1. The first-order valence-corrected chi connectivity index (χ1v) is 6.68. The van der Waals surface area contributed by atoms with Crippen molar-refractivity contribution >= 4 is 5.91 Å². The topological polar surface area (TPSA) is 32.3 Å². The van der Waals surface area contributed by atoms with Crippen LogP contribution in [-0.4, -0.2) is 29.9 Å². The summed E-state index contributed by atoms with van der Waals surface area (Å²) in [6, 6.07) is 10.8. The molecule has 98 valence electrons. The van der Waals surface area contributed by atoms with E-state index in [0.29, 0.717) is 6.04 Å². The van der Waals surface area contributed by atoms with Crippen molar-refractivity contribution in [1.82, 2.24) is 10.2 Å². The molecule has 1 N–H and O–H groups in total. The van der Waals surface area contributed by atoms with E-state index in [0.717, 1.165) is 13.1 Å². The van der Waals surface area contributed by atoms with Crippen LogP contribution in [0.15, 0.2) is 30.3 Å². The fourth-order valence-electron chi connectivity index (χ4n) is 2.46. The van der Waals surface area contributed by atoms with E-state index >= 15 is 0 Å². The number of piperazine rings is 1. The van der Waals surface area contributed by atoms with Crippen LogP contribution in [0.25, 0.3) is 0 Å². The third kappa shape index (κ3) is 2.72. The molecule has 2 atom stereocenters. The van der Waals surface area contributed by atoms with Gasteiger partial charge in [0.05, 0.1) is 6.04 Å². The maximum Gasteiger partial charge on any atom is 0.225 e. The summed E-state index contributed by atoms with van der Waals surface area (Å²) in [5.41, 5.74) is 1.21. The molecule has 1 aromatic rings. The quantitative estimate of drug-likeness (QED) is 0.867. The van der Waals surface area contributed by atoms with E-state index < -0.39 is 0 Å². The normalized spacial score (nSPS) is 24.3. The van der Waals surface area contributed by atoms with E-state index in [4.69, 9.17) is 0 Å². The van der Waals surface area contributed by atoms with E-state index in [1.165, 1.54) is 5.56 Å². The van der Waals surface area contributed by atoms with Crippen molar-refractivity contribution in [1.29, 1.82) is 0 Å². The molecule has 3 nitrogen and oxygen atoms in total. The van der Waals surface area contributed by atoms with Gasteiger partial charge < -0.3 is 10.2 Å². The summed E-state index contributed by atoms with van der Waals surface area (Å²) in [4.78, 5) is 14.4. The largest absolute Gasteiger partial charge is 0.333 e. The van der Waals surface area contributed by atoms with Crippen LogP contribution in [0.5, 0.6) is 0 Å². The fraction of sp³-hybridized carbons (Fsp3) is 0.533. The van der Waals surface area contributed by atoms with Gasteiger partial charge in [-0.2, -0.15) is 0 Å². The lowest BCUT2D eigenvalue weighted by molar-refractivity contribution is -0.138. The second kappa shape index (κ2) is 5.53. The number of benzene rings is 1. The number of hydrogen-bond donors (Lipinski definition) is 1. The Morgan fingerprint density at radius 1 is 1.33 bits per heavy atom. The van der Waals surface area contributed by atoms with Crippen molar-refractivity contribution in [2.24, 2.45) is 5.92 Å². The average Bonchev–Trinajstić information content (AvgIpc) is 2.38. The number of hydrogen-bond acceptors (Lipinski definition) is 2. The third-order valence-corrected chi connectivity index (χ3v) is 3.47. The summed E-state index contributed by atoms with van der Waals surface area (Å²) in [5, 5.41) is 3.46. The first-order valence-electron chi connectivity index (χ1n) is 6.68. The highest BCUT2D eigenvalue weighted by molar-refractivity contribution is 5.78. The smallest absolute Gasteiger partial charge is 0.225 e. The van der Waals surface area contributed by atoms with Crippen molar-refractivity contribution in [2.75, 3.05) is 13.1 Å². The fourth-order valence-corrected chi connectivity index (χ4v) is 2.46. The van der Waals surface area contributed by atoms with Gasteiger partial charge in [-0.15, -0.1) is 0 Å². The number of rotatable bonds is 2. The minimum Gasteiger partial charge on any atom is -0.333 e. The molecule has 0 aromatic heterocycles. The molecule has 1 heterocycles. The molecular formula is C15H22N2O. The van der Waals surface area contributed by atoms with Gasteiger partial charge in [-0.3, -0.25) is 4.79 Å². The van der Waals surface area contributed by atoms with Crippen LogP contribution in [0.4, 0.5) is 0 Å². The van der Waals surface area contributed by atoms with Crippen LogP contribution in [0, 0.1) is 5.92 Å². The molecule has 0 aliphatic carbocycles. The zero-order chi connectivity index (χ0) is 13.1. The zero-order valence-corrected chi connectivity index (χ0v) is 11.4. The molecular weight excluding hydrogens is 224 g/mol. The number of nitrogens with zero attached hydrogens (tertiary/aromatic N) is 1. The Kier molecular flexibility index (Phi) is 4.02. The summed E-state index contributed by atoms with van der Waals surface area (Å²) in [7, 11) is 0. The molecule has 1 saturated heterocycles. The Bertz CT molecular complexity index is 402. The van der Waals surface area contributed by atoms with Gasteiger partial charge >= 0.3 is 0 Å². The molecule has 18 heavy (non-hydrogen) atoms. The zero-order valence-electron chi connectivity index (χ0n) is 11.4. The molecule has 1 amide bonds. The van der Waals surface area contributed by atoms with Crippen molar-refractivity contribution in [2.45, 2.75) is 32.9 Å². The molecule has 0 spiro atoms. The molecule has 0 bridgehead atoms. The van der Waals surface area contributed by atoms with Crippen LogP contribution in [0.3, 0.4) is 0 Å². The maximum atomic E-state index is 12.3. The number of amides is 1. The van der Waals surface area contributed by atoms with Gasteiger partial charge in [0.15, 0.2) is 0 Å². The molecule has 1 fully saturated rings. The minimum atomic E-state index is 0.0570. The van der Waals surface area contributed by atoms with Gasteiger partial charge in [0.1, 0.15) is 0 Å². The molecule has 1 aliphatic heterocycles. The standard InChI is InChI=1S/C15H22N2O/c1-11(2)15(18)17-10-12(3)16-9-14(17)13-7-5-4-6-8-13/h4-8,11-12,14,16H,9-10H2,1-3H3.